The summed E-state index contributed by atoms with van der Waals surface area (Å²) in [6.07, 6.45) is 0. The molecule has 4 heteroatoms. The molecule has 1 N–H and O–H groups in total. The third kappa shape index (κ3) is 2.71. The van der Waals surface area contributed by atoms with Crippen molar-refractivity contribution in [1.82, 2.24) is 10.2 Å². The average molecular weight is 252 g/mol. The fourth-order valence-corrected chi connectivity index (χ4v) is 1.86. The number of hydrogen-bond donors (Lipinski definition) is 1. The third-order valence-electron chi connectivity index (χ3n) is 3.27. The average Bonchev–Trinajstić information content (AvgIpc) is 2.41. The standard InChI is InChI=1S/C15H16N4/c1-10-6-4-5-7-13(10)9-17-15-14(8-16)11(2)12(3)18-19-15/h4-7H,9H2,1-3H3,(H,17,19). The number of aryl methyl sites for hydroxylation is 2. The summed E-state index contributed by atoms with van der Waals surface area (Å²) in [5, 5.41) is 20.5. The molecule has 1 aromatic heterocycles. The quantitative estimate of drug-likeness (QED) is 0.912. The summed E-state index contributed by atoms with van der Waals surface area (Å²) in [6.45, 7) is 6.45. The minimum atomic E-state index is 0.550. The van der Waals surface area contributed by atoms with E-state index in [-0.39, 0.29) is 0 Å². The van der Waals surface area contributed by atoms with Crippen molar-refractivity contribution in [3.05, 3.63) is 52.2 Å². The second kappa shape index (κ2) is 5.49. The number of anilines is 1. The molecule has 19 heavy (non-hydrogen) atoms. The van der Waals surface area contributed by atoms with E-state index >= 15 is 0 Å². The highest BCUT2D eigenvalue weighted by molar-refractivity contribution is 5.56. The minimum absolute atomic E-state index is 0.550. The molecular weight excluding hydrogens is 236 g/mol. The molecule has 0 aliphatic carbocycles. The zero-order chi connectivity index (χ0) is 13.8. The molecule has 1 aromatic carbocycles. The van der Waals surface area contributed by atoms with Gasteiger partial charge in [-0.1, -0.05) is 24.3 Å². The van der Waals surface area contributed by atoms with Crippen molar-refractivity contribution in [3.8, 4) is 6.07 Å². The molecule has 0 radical (unpaired) electrons. The maximum atomic E-state index is 9.22. The van der Waals surface area contributed by atoms with Gasteiger partial charge in [-0.2, -0.15) is 10.4 Å². The molecule has 96 valence electrons. The number of rotatable bonds is 3. The van der Waals surface area contributed by atoms with Crippen LogP contribution in [-0.2, 0) is 6.54 Å². The van der Waals surface area contributed by atoms with Gasteiger partial charge in [0.05, 0.1) is 5.69 Å². The van der Waals surface area contributed by atoms with E-state index in [2.05, 4.69) is 40.6 Å². The molecule has 0 amide bonds. The second-order valence-electron chi connectivity index (χ2n) is 4.53. The van der Waals surface area contributed by atoms with Crippen LogP contribution in [0.5, 0.6) is 0 Å². The van der Waals surface area contributed by atoms with E-state index < -0.39 is 0 Å². The molecule has 2 rings (SSSR count). The molecule has 0 fully saturated rings. The molecule has 4 nitrogen and oxygen atoms in total. The smallest absolute Gasteiger partial charge is 0.167 e. The lowest BCUT2D eigenvalue weighted by Crippen LogP contribution is -2.08. The molecule has 0 bridgehead atoms. The third-order valence-corrected chi connectivity index (χ3v) is 3.27. The van der Waals surface area contributed by atoms with E-state index in [1.54, 1.807) is 0 Å². The van der Waals surface area contributed by atoms with E-state index in [0.29, 0.717) is 17.9 Å². The highest BCUT2D eigenvalue weighted by Crippen LogP contribution is 2.18. The molecule has 0 aliphatic heterocycles. The molecule has 2 aromatic rings. The Labute approximate surface area is 113 Å². The van der Waals surface area contributed by atoms with Gasteiger partial charge >= 0.3 is 0 Å². The van der Waals surface area contributed by atoms with Crippen LogP contribution in [0.3, 0.4) is 0 Å². The van der Waals surface area contributed by atoms with Gasteiger partial charge in [0, 0.05) is 6.54 Å². The van der Waals surface area contributed by atoms with Crippen LogP contribution in [0.2, 0.25) is 0 Å². The molecule has 0 saturated heterocycles. The van der Waals surface area contributed by atoms with Crippen LogP contribution in [0, 0.1) is 32.1 Å². The predicted octanol–water partition coefficient (Wildman–Crippen LogP) is 2.89. The fraction of sp³-hybridized carbons (Fsp3) is 0.267. The Kier molecular flexibility index (Phi) is 3.76. The monoisotopic (exact) mass is 252 g/mol. The van der Waals surface area contributed by atoms with E-state index in [4.69, 9.17) is 0 Å². The van der Waals surface area contributed by atoms with Gasteiger partial charge in [0.1, 0.15) is 11.6 Å². The summed E-state index contributed by atoms with van der Waals surface area (Å²) in [6, 6.07) is 10.3. The number of aromatic nitrogens is 2. The first-order valence-corrected chi connectivity index (χ1v) is 6.16. The Bertz CT molecular complexity index is 641. The van der Waals surface area contributed by atoms with Crippen molar-refractivity contribution in [2.45, 2.75) is 27.3 Å². The van der Waals surface area contributed by atoms with Gasteiger partial charge in [-0.25, -0.2) is 0 Å². The van der Waals surface area contributed by atoms with Crippen molar-refractivity contribution in [3.63, 3.8) is 0 Å². The highest BCUT2D eigenvalue weighted by Gasteiger charge is 2.10. The van der Waals surface area contributed by atoms with Gasteiger partial charge in [-0.05, 0) is 37.5 Å². The van der Waals surface area contributed by atoms with Gasteiger partial charge in [0.25, 0.3) is 0 Å². The Morgan fingerprint density at radius 3 is 2.58 bits per heavy atom. The highest BCUT2D eigenvalue weighted by atomic mass is 15.2. The first kappa shape index (κ1) is 13.0. The minimum Gasteiger partial charge on any atom is -0.363 e. The predicted molar refractivity (Wildman–Crippen MR) is 74.7 cm³/mol. The van der Waals surface area contributed by atoms with Crippen LogP contribution in [-0.4, -0.2) is 10.2 Å². The van der Waals surface area contributed by atoms with Gasteiger partial charge < -0.3 is 5.32 Å². The number of nitrogens with zero attached hydrogens (tertiary/aromatic N) is 3. The van der Waals surface area contributed by atoms with Crippen LogP contribution < -0.4 is 5.32 Å². The van der Waals surface area contributed by atoms with Crippen molar-refractivity contribution in [1.29, 1.82) is 5.26 Å². The fourth-order valence-electron chi connectivity index (χ4n) is 1.86. The van der Waals surface area contributed by atoms with Crippen LogP contribution in [0.1, 0.15) is 27.9 Å². The Morgan fingerprint density at radius 2 is 1.89 bits per heavy atom. The zero-order valence-electron chi connectivity index (χ0n) is 11.4. The summed E-state index contributed by atoms with van der Waals surface area (Å²) >= 11 is 0. The largest absolute Gasteiger partial charge is 0.363 e. The number of hydrogen-bond acceptors (Lipinski definition) is 4. The molecule has 0 unspecified atom stereocenters. The molecule has 0 atom stereocenters. The topological polar surface area (TPSA) is 61.6 Å². The maximum Gasteiger partial charge on any atom is 0.167 e. The first-order valence-electron chi connectivity index (χ1n) is 6.16. The summed E-state index contributed by atoms with van der Waals surface area (Å²) < 4.78 is 0. The molecular formula is C15H16N4. The number of benzene rings is 1. The van der Waals surface area contributed by atoms with E-state index in [1.807, 2.05) is 26.0 Å². The lowest BCUT2D eigenvalue weighted by atomic mass is 10.1. The lowest BCUT2D eigenvalue weighted by Gasteiger charge is -2.10. The molecule has 0 saturated carbocycles. The number of nitriles is 1. The lowest BCUT2D eigenvalue weighted by molar-refractivity contribution is 0.939. The van der Waals surface area contributed by atoms with Crippen LogP contribution in [0.15, 0.2) is 24.3 Å². The van der Waals surface area contributed by atoms with Crippen molar-refractivity contribution < 1.29 is 0 Å². The zero-order valence-corrected chi connectivity index (χ0v) is 11.4. The van der Waals surface area contributed by atoms with E-state index in [0.717, 1.165) is 11.3 Å². The second-order valence-corrected chi connectivity index (χ2v) is 4.53. The van der Waals surface area contributed by atoms with Crippen LogP contribution in [0.4, 0.5) is 5.82 Å². The van der Waals surface area contributed by atoms with Crippen molar-refractivity contribution in [2.24, 2.45) is 0 Å². The summed E-state index contributed by atoms with van der Waals surface area (Å²) in [7, 11) is 0. The number of nitrogens with one attached hydrogen (secondary N) is 1. The Morgan fingerprint density at radius 1 is 1.16 bits per heavy atom. The SMILES string of the molecule is Cc1ccccc1CNc1nnc(C)c(C)c1C#N. The summed E-state index contributed by atoms with van der Waals surface area (Å²) in [5.74, 6) is 0.550. The van der Waals surface area contributed by atoms with E-state index in [1.165, 1.54) is 11.1 Å². The summed E-state index contributed by atoms with van der Waals surface area (Å²) in [4.78, 5) is 0. The maximum absolute atomic E-state index is 9.22. The summed E-state index contributed by atoms with van der Waals surface area (Å²) in [5.41, 5.74) is 4.64. The van der Waals surface area contributed by atoms with Crippen molar-refractivity contribution in [2.75, 3.05) is 5.32 Å². The van der Waals surface area contributed by atoms with Gasteiger partial charge in [0.2, 0.25) is 0 Å². The van der Waals surface area contributed by atoms with Crippen LogP contribution >= 0.6 is 0 Å². The van der Waals surface area contributed by atoms with E-state index in [9.17, 15) is 5.26 Å². The van der Waals surface area contributed by atoms with Crippen LogP contribution in [0.25, 0.3) is 0 Å². The molecule has 0 aliphatic rings. The van der Waals surface area contributed by atoms with Gasteiger partial charge in [0.15, 0.2) is 5.82 Å². The first-order chi connectivity index (χ1) is 9.13. The molecule has 1 heterocycles. The normalized spacial score (nSPS) is 10.0. The van der Waals surface area contributed by atoms with Crippen molar-refractivity contribution >= 4 is 5.82 Å². The Balaban J connectivity index is 2.24. The van der Waals surface area contributed by atoms with Gasteiger partial charge in [-0.15, -0.1) is 5.10 Å². The van der Waals surface area contributed by atoms with Gasteiger partial charge in [-0.3, -0.25) is 0 Å². The Hall–Kier alpha value is -2.41. The molecule has 0 spiro atoms.